The number of aromatic amines is 1. The molecule has 0 unspecified atom stereocenters. The van der Waals surface area contributed by atoms with Crippen molar-refractivity contribution in [2.75, 3.05) is 6.61 Å². The van der Waals surface area contributed by atoms with E-state index in [1.807, 2.05) is 24.3 Å². The van der Waals surface area contributed by atoms with Crippen LogP contribution in [0.3, 0.4) is 0 Å². The minimum Gasteiger partial charge on any atom is -0.491 e. The van der Waals surface area contributed by atoms with Crippen LogP contribution < -0.4 is 4.74 Å². The molecule has 4 heteroatoms. The van der Waals surface area contributed by atoms with Gasteiger partial charge in [0, 0.05) is 17.3 Å². The maximum Gasteiger partial charge on any atom is 0.147 e. The molecule has 0 radical (unpaired) electrons. The number of H-pyrrole nitrogens is 1. The topological polar surface area (TPSA) is 50.8 Å². The number of rotatable bonds is 6. The third-order valence-electron chi connectivity index (χ3n) is 5.70. The number of nitrogens with one attached hydrogen (secondary N) is 1. The predicted molar refractivity (Wildman–Crippen MR) is 111 cm³/mol. The van der Waals surface area contributed by atoms with Crippen LogP contribution in [0.5, 0.6) is 5.75 Å². The van der Waals surface area contributed by atoms with E-state index in [0.29, 0.717) is 12.5 Å². The van der Waals surface area contributed by atoms with Crippen LogP contribution in [0, 0.1) is 0 Å². The average Bonchev–Trinajstić information content (AvgIpc) is 3.37. The lowest BCUT2D eigenvalue weighted by Gasteiger charge is -2.12. The Kier molecular flexibility index (Phi) is 4.53. The van der Waals surface area contributed by atoms with Crippen molar-refractivity contribution in [3.8, 4) is 5.75 Å². The van der Waals surface area contributed by atoms with Gasteiger partial charge in [0.2, 0.25) is 0 Å². The van der Waals surface area contributed by atoms with Gasteiger partial charge in [0.15, 0.2) is 0 Å². The lowest BCUT2D eigenvalue weighted by Crippen LogP contribution is -2.04. The molecule has 1 aliphatic rings. The fourth-order valence-corrected chi connectivity index (χ4v) is 4.33. The monoisotopic (exact) mass is 369 g/mol. The second-order valence-corrected chi connectivity index (χ2v) is 7.46. The minimum absolute atomic E-state index is 0.591. The molecule has 0 saturated heterocycles. The zero-order valence-corrected chi connectivity index (χ0v) is 15.8. The van der Waals surface area contributed by atoms with Crippen molar-refractivity contribution < 1.29 is 4.74 Å². The highest BCUT2D eigenvalue weighted by Gasteiger charge is 2.24. The van der Waals surface area contributed by atoms with E-state index in [1.54, 1.807) is 6.20 Å². The van der Waals surface area contributed by atoms with Gasteiger partial charge in [-0.1, -0.05) is 36.4 Å². The molecule has 0 atom stereocenters. The molecule has 0 spiro atoms. The van der Waals surface area contributed by atoms with E-state index in [2.05, 4.69) is 51.7 Å². The van der Waals surface area contributed by atoms with Gasteiger partial charge in [0.05, 0.1) is 12.8 Å². The first kappa shape index (κ1) is 17.0. The first-order valence-electron chi connectivity index (χ1n) is 9.94. The van der Waals surface area contributed by atoms with Crippen molar-refractivity contribution in [1.82, 2.24) is 15.2 Å². The van der Waals surface area contributed by atoms with E-state index in [0.717, 1.165) is 42.3 Å². The molecule has 140 valence electrons. The van der Waals surface area contributed by atoms with Crippen molar-refractivity contribution >= 4 is 10.9 Å². The van der Waals surface area contributed by atoms with Gasteiger partial charge in [-0.15, -0.1) is 5.10 Å². The fourth-order valence-electron chi connectivity index (χ4n) is 4.33. The predicted octanol–water partition coefficient (Wildman–Crippen LogP) is 4.85. The van der Waals surface area contributed by atoms with Crippen molar-refractivity contribution in [3.05, 3.63) is 89.4 Å². The number of nitrogens with zero attached hydrogens (tertiary/aromatic N) is 2. The molecule has 2 heterocycles. The number of hydrogen-bond acceptors (Lipinski definition) is 3. The number of aromatic nitrogens is 3. The number of benzene rings is 2. The van der Waals surface area contributed by atoms with Gasteiger partial charge in [-0.05, 0) is 66.5 Å². The summed E-state index contributed by atoms with van der Waals surface area (Å²) in [5.74, 6) is 1.40. The van der Waals surface area contributed by atoms with Crippen molar-refractivity contribution in [1.29, 1.82) is 0 Å². The Morgan fingerprint density at radius 3 is 2.68 bits per heavy atom. The Morgan fingerprint density at radius 1 is 0.964 bits per heavy atom. The van der Waals surface area contributed by atoms with E-state index < -0.39 is 0 Å². The molecule has 4 aromatic rings. The summed E-state index contributed by atoms with van der Waals surface area (Å²) >= 11 is 0. The van der Waals surface area contributed by atoms with Gasteiger partial charge in [-0.2, -0.15) is 5.10 Å². The number of ether oxygens (including phenoxy) is 1. The fraction of sp³-hybridized carbons (Fsp3) is 0.250. The molecule has 0 aliphatic heterocycles. The van der Waals surface area contributed by atoms with Gasteiger partial charge < -0.3 is 9.72 Å². The van der Waals surface area contributed by atoms with E-state index in [4.69, 9.17) is 4.74 Å². The van der Waals surface area contributed by atoms with Gasteiger partial charge in [0.25, 0.3) is 0 Å². The lowest BCUT2D eigenvalue weighted by atomic mass is 9.95. The highest BCUT2D eigenvalue weighted by atomic mass is 16.5. The van der Waals surface area contributed by atoms with Gasteiger partial charge in [-0.3, -0.25) is 0 Å². The molecule has 5 rings (SSSR count). The van der Waals surface area contributed by atoms with Crippen LogP contribution in [0.1, 0.15) is 34.7 Å². The molecule has 0 fully saturated rings. The Bertz CT molecular complexity index is 1070. The summed E-state index contributed by atoms with van der Waals surface area (Å²) in [6, 6.07) is 19.0. The highest BCUT2D eigenvalue weighted by molar-refractivity contribution is 5.83. The zero-order valence-electron chi connectivity index (χ0n) is 15.8. The third kappa shape index (κ3) is 3.26. The van der Waals surface area contributed by atoms with Crippen LogP contribution in [0.2, 0.25) is 0 Å². The first-order chi connectivity index (χ1) is 13.9. The molecular weight excluding hydrogens is 346 g/mol. The van der Waals surface area contributed by atoms with Gasteiger partial charge in [-0.25, -0.2) is 0 Å². The van der Waals surface area contributed by atoms with Crippen LogP contribution in [-0.2, 0) is 19.3 Å². The van der Waals surface area contributed by atoms with E-state index in [1.165, 1.54) is 22.4 Å². The quantitative estimate of drug-likeness (QED) is 0.494. The van der Waals surface area contributed by atoms with Crippen LogP contribution in [0.4, 0.5) is 0 Å². The lowest BCUT2D eigenvalue weighted by molar-refractivity contribution is 0.313. The Labute approximate surface area is 164 Å². The standard InChI is InChI=1S/C24H23N3O/c1-2-6-19-16-20(15-18(19)5-1)21-11-12-25-22(21)8-4-14-28-23-9-3-7-17-10-13-26-27-24(17)23/h1-3,5-7,9-13,20,25H,4,8,14-16H2. The summed E-state index contributed by atoms with van der Waals surface area (Å²) in [7, 11) is 0. The molecule has 1 aliphatic carbocycles. The van der Waals surface area contributed by atoms with E-state index in [9.17, 15) is 0 Å². The first-order valence-corrected chi connectivity index (χ1v) is 9.94. The molecule has 0 amide bonds. The normalized spacial score (nSPS) is 13.7. The summed E-state index contributed by atoms with van der Waals surface area (Å²) in [5.41, 5.74) is 6.64. The number of aryl methyl sites for hydroxylation is 1. The van der Waals surface area contributed by atoms with Crippen LogP contribution >= 0.6 is 0 Å². The Hall–Kier alpha value is -3.14. The Morgan fingerprint density at radius 2 is 1.82 bits per heavy atom. The summed E-state index contributed by atoms with van der Waals surface area (Å²) in [6.45, 7) is 0.666. The Balaban J connectivity index is 1.21. The van der Waals surface area contributed by atoms with Crippen molar-refractivity contribution in [2.24, 2.45) is 0 Å². The molecular formula is C24H23N3O. The van der Waals surface area contributed by atoms with Gasteiger partial charge >= 0.3 is 0 Å². The van der Waals surface area contributed by atoms with E-state index >= 15 is 0 Å². The van der Waals surface area contributed by atoms with Crippen molar-refractivity contribution in [3.63, 3.8) is 0 Å². The maximum atomic E-state index is 6.02. The highest BCUT2D eigenvalue weighted by Crippen LogP contribution is 2.35. The van der Waals surface area contributed by atoms with Crippen LogP contribution in [-0.4, -0.2) is 21.8 Å². The second kappa shape index (κ2) is 7.47. The maximum absolute atomic E-state index is 6.02. The smallest absolute Gasteiger partial charge is 0.147 e. The third-order valence-corrected chi connectivity index (χ3v) is 5.70. The largest absolute Gasteiger partial charge is 0.491 e. The minimum atomic E-state index is 0.591. The molecule has 2 aromatic carbocycles. The van der Waals surface area contributed by atoms with Crippen molar-refractivity contribution in [2.45, 2.75) is 31.6 Å². The molecule has 1 N–H and O–H groups in total. The van der Waals surface area contributed by atoms with Crippen LogP contribution in [0.15, 0.2) is 67.0 Å². The molecule has 2 aromatic heterocycles. The zero-order chi connectivity index (χ0) is 18.8. The molecule has 0 bridgehead atoms. The summed E-state index contributed by atoms with van der Waals surface area (Å²) in [5, 5.41) is 9.25. The second-order valence-electron chi connectivity index (χ2n) is 7.46. The molecule has 4 nitrogen and oxygen atoms in total. The number of hydrogen-bond donors (Lipinski definition) is 1. The SMILES string of the molecule is c1ccc2c(c1)CC(c1cc[nH]c1CCCOc1cccc3ccnnc13)C2. The van der Waals surface area contributed by atoms with Crippen LogP contribution in [0.25, 0.3) is 10.9 Å². The van der Waals surface area contributed by atoms with E-state index in [-0.39, 0.29) is 0 Å². The summed E-state index contributed by atoms with van der Waals surface area (Å²) in [6.07, 6.45) is 8.03. The van der Waals surface area contributed by atoms with Gasteiger partial charge in [0.1, 0.15) is 11.3 Å². The molecule has 28 heavy (non-hydrogen) atoms. The molecule has 0 saturated carbocycles. The summed E-state index contributed by atoms with van der Waals surface area (Å²) < 4.78 is 6.02. The number of fused-ring (bicyclic) bond motifs is 2. The summed E-state index contributed by atoms with van der Waals surface area (Å²) in [4.78, 5) is 3.46. The average molecular weight is 369 g/mol.